The van der Waals surface area contributed by atoms with E-state index in [1.54, 1.807) is 18.2 Å². The number of ketones is 1. The van der Waals surface area contributed by atoms with Crippen molar-refractivity contribution < 1.29 is 30.1 Å². The Kier molecular flexibility index (Phi) is 7.64. The van der Waals surface area contributed by atoms with Crippen LogP contribution in [0.4, 0.5) is 5.69 Å². The largest absolute Gasteiger partial charge is 0.478 e. The van der Waals surface area contributed by atoms with E-state index in [4.69, 9.17) is 0 Å². The fraction of sp³-hybridized carbons (Fsp3) is 0.778. The highest BCUT2D eigenvalue weighted by molar-refractivity contribution is 5.94. The highest BCUT2D eigenvalue weighted by atomic mass is 16.5. The van der Waals surface area contributed by atoms with Gasteiger partial charge < -0.3 is 15.3 Å². The molecular weight excluding hydrogens is 556 g/mol. The number of carbonyl (C=O) groups excluding carboxylic acids is 1. The van der Waals surface area contributed by atoms with Crippen molar-refractivity contribution in [1.29, 1.82) is 0 Å². The summed E-state index contributed by atoms with van der Waals surface area (Å²) in [5.41, 5.74) is 2.81. The van der Waals surface area contributed by atoms with Crippen LogP contribution >= 0.6 is 0 Å². The van der Waals surface area contributed by atoms with Gasteiger partial charge in [-0.05, 0) is 115 Å². The highest BCUT2D eigenvalue weighted by Gasteiger charge is 2.71. The van der Waals surface area contributed by atoms with E-state index >= 15 is 0 Å². The minimum atomic E-state index is -1.34. The van der Waals surface area contributed by atoms with Crippen LogP contribution in [0.1, 0.15) is 116 Å². The van der Waals surface area contributed by atoms with Gasteiger partial charge in [0.15, 0.2) is 6.29 Å². The van der Waals surface area contributed by atoms with Crippen LogP contribution in [0.15, 0.2) is 24.3 Å². The summed E-state index contributed by atoms with van der Waals surface area (Å²) < 4.78 is 0. The van der Waals surface area contributed by atoms with Crippen LogP contribution in [0.3, 0.4) is 0 Å². The molecule has 0 saturated heterocycles. The maximum absolute atomic E-state index is 14.6. The maximum atomic E-state index is 14.6. The van der Waals surface area contributed by atoms with E-state index in [-0.39, 0.29) is 56.7 Å². The number of rotatable bonds is 5. The lowest BCUT2D eigenvalue weighted by Crippen LogP contribution is -2.69. The third-order valence-electron chi connectivity index (χ3n) is 15.1. The van der Waals surface area contributed by atoms with Crippen LogP contribution < -0.4 is 10.6 Å². The van der Waals surface area contributed by atoms with E-state index in [9.17, 15) is 30.1 Å². The summed E-state index contributed by atoms with van der Waals surface area (Å²) in [5.74, 6) is 0.324. The van der Waals surface area contributed by atoms with Crippen molar-refractivity contribution in [3.8, 4) is 0 Å². The maximum Gasteiger partial charge on any atom is 0.337 e. The van der Waals surface area contributed by atoms with Gasteiger partial charge in [0, 0.05) is 23.8 Å². The molecule has 44 heavy (non-hydrogen) atoms. The Morgan fingerprint density at radius 1 is 0.909 bits per heavy atom. The smallest absolute Gasteiger partial charge is 0.337 e. The van der Waals surface area contributed by atoms with Crippen molar-refractivity contribution in [2.45, 2.75) is 118 Å². The first-order valence-electron chi connectivity index (χ1n) is 17.0. The summed E-state index contributed by atoms with van der Waals surface area (Å²) in [6.07, 6.45) is 7.72. The van der Waals surface area contributed by atoms with Gasteiger partial charge in [-0.25, -0.2) is 10.2 Å². The van der Waals surface area contributed by atoms with Gasteiger partial charge in [-0.15, -0.1) is 0 Å². The number of benzene rings is 1. The molecule has 0 aliphatic heterocycles. The molecule has 1 aromatic carbocycles. The number of aromatic carboxylic acids is 1. The lowest BCUT2D eigenvalue weighted by atomic mass is 9.32. The number of aliphatic hydroxyl groups excluding tert-OH is 1. The van der Waals surface area contributed by atoms with Gasteiger partial charge in [0.1, 0.15) is 5.78 Å². The standard InChI is InChI=1S/C36H54N2O6/c1-21-23-11-14-36(6)29(34(23,4)13-12-26(21)37-38(44)27-10-8-7-9-22(27)30(40)41)28(39)19-24-25-20-33(3,31(42)43)16-15-32(25,2)17-18-35(24,36)5/h7-10,21,23-26,29,31,37,42-44H,11-20H2,1-6H3,(H,40,41)/t21-,23+,24?,25+,26?,29?,32?,33+,34+,35-,36-/m1/s1. The molecule has 0 radical (unpaired) electrons. The number of aliphatic hydroxyl groups is 2. The summed E-state index contributed by atoms with van der Waals surface area (Å²) in [6.45, 7) is 13.9. The van der Waals surface area contributed by atoms with Gasteiger partial charge in [0.2, 0.25) is 0 Å². The molecule has 8 heteroatoms. The normalized spacial score (nSPS) is 46.8. The predicted molar refractivity (Wildman–Crippen MR) is 168 cm³/mol. The Hall–Kier alpha value is -2.00. The zero-order valence-corrected chi connectivity index (χ0v) is 27.5. The molecule has 0 bridgehead atoms. The predicted octanol–water partition coefficient (Wildman–Crippen LogP) is 6.43. The number of carboxylic acids is 1. The lowest BCUT2D eigenvalue weighted by molar-refractivity contribution is -0.239. The Labute approximate surface area is 262 Å². The van der Waals surface area contributed by atoms with Crippen molar-refractivity contribution in [3.05, 3.63) is 29.8 Å². The molecule has 6 rings (SSSR count). The molecule has 5 aliphatic carbocycles. The molecule has 8 nitrogen and oxygen atoms in total. The van der Waals surface area contributed by atoms with Crippen molar-refractivity contribution in [2.24, 2.45) is 56.7 Å². The zero-order chi connectivity index (χ0) is 32.0. The van der Waals surface area contributed by atoms with Crippen LogP contribution in [-0.2, 0) is 4.79 Å². The van der Waals surface area contributed by atoms with Gasteiger partial charge in [-0.3, -0.25) is 10.0 Å². The Balaban J connectivity index is 1.27. The summed E-state index contributed by atoms with van der Waals surface area (Å²) in [5, 5.41) is 42.2. The van der Waals surface area contributed by atoms with E-state index in [0.717, 1.165) is 63.0 Å². The number of para-hydroxylation sites is 1. The molecule has 5 fully saturated rings. The van der Waals surface area contributed by atoms with E-state index in [1.165, 1.54) is 6.07 Å². The Morgan fingerprint density at radius 3 is 2.27 bits per heavy atom. The number of anilines is 1. The number of nitrogens with one attached hydrogen (secondary N) is 1. The van der Waals surface area contributed by atoms with Crippen molar-refractivity contribution >= 4 is 17.4 Å². The van der Waals surface area contributed by atoms with Crippen LogP contribution in [0, 0.1) is 56.7 Å². The lowest BCUT2D eigenvalue weighted by Gasteiger charge is -2.72. The summed E-state index contributed by atoms with van der Waals surface area (Å²) in [4.78, 5) is 26.4. The highest BCUT2D eigenvalue weighted by Crippen LogP contribution is 2.75. The fourth-order valence-corrected chi connectivity index (χ4v) is 12.0. The van der Waals surface area contributed by atoms with Gasteiger partial charge in [-0.1, -0.05) is 53.7 Å². The van der Waals surface area contributed by atoms with Crippen molar-refractivity contribution in [3.63, 3.8) is 0 Å². The number of carboxylic acid groups (broad SMARTS) is 1. The summed E-state index contributed by atoms with van der Waals surface area (Å²) >= 11 is 0. The third-order valence-corrected chi connectivity index (χ3v) is 15.1. The number of hydrogen-bond donors (Lipinski definition) is 5. The number of Topliss-reactive ketones (excluding diaryl/α,β-unsaturated/α-hetero) is 1. The van der Waals surface area contributed by atoms with Gasteiger partial charge >= 0.3 is 5.97 Å². The number of hydrogen-bond acceptors (Lipinski definition) is 7. The molecule has 5 saturated carbocycles. The average Bonchev–Trinajstić information content (AvgIpc) is 2.96. The van der Waals surface area contributed by atoms with Gasteiger partial charge in [0.25, 0.3) is 0 Å². The average molecular weight is 611 g/mol. The molecule has 0 amide bonds. The first-order valence-corrected chi connectivity index (χ1v) is 17.0. The molecule has 4 unspecified atom stereocenters. The zero-order valence-electron chi connectivity index (χ0n) is 27.5. The number of hydrazine groups is 1. The van der Waals surface area contributed by atoms with Crippen molar-refractivity contribution in [1.82, 2.24) is 5.43 Å². The molecule has 244 valence electrons. The van der Waals surface area contributed by atoms with Crippen LogP contribution in [0.2, 0.25) is 0 Å². The van der Waals surface area contributed by atoms with Crippen molar-refractivity contribution in [2.75, 3.05) is 5.17 Å². The second-order valence-corrected chi connectivity index (χ2v) is 17.0. The Bertz CT molecular complexity index is 1320. The number of carbonyl (C=O) groups is 2. The van der Waals surface area contributed by atoms with E-state index in [0.29, 0.717) is 24.0 Å². The van der Waals surface area contributed by atoms with E-state index in [2.05, 4.69) is 40.0 Å². The molecule has 0 heterocycles. The number of fused-ring (bicyclic) bond motifs is 7. The molecule has 1 aromatic rings. The third kappa shape index (κ3) is 4.44. The fourth-order valence-electron chi connectivity index (χ4n) is 12.0. The molecule has 11 atom stereocenters. The van der Waals surface area contributed by atoms with Crippen LogP contribution in [0.5, 0.6) is 0 Å². The first-order chi connectivity index (χ1) is 20.5. The quantitative estimate of drug-likeness (QED) is 0.190. The monoisotopic (exact) mass is 610 g/mol. The summed E-state index contributed by atoms with van der Waals surface area (Å²) in [6, 6.07) is 6.40. The molecule has 0 aromatic heterocycles. The Morgan fingerprint density at radius 2 is 1.59 bits per heavy atom. The SMILES string of the molecule is C[C@H]1C(NN(O)c2ccccc2C(=O)O)CC[C@]2(C)C3C(=O)CC4[C@@H]5C[C@@](C)(C(O)O)CCC5(C)CC[C@@]4(C)[C@]3(C)CC[C@@H]12. The summed E-state index contributed by atoms with van der Waals surface area (Å²) in [7, 11) is 0. The number of nitrogens with zero attached hydrogens (tertiary/aromatic N) is 1. The molecule has 5 N–H and O–H groups in total. The van der Waals surface area contributed by atoms with Crippen LogP contribution in [-0.4, -0.2) is 44.6 Å². The minimum absolute atomic E-state index is 0.00314. The minimum Gasteiger partial charge on any atom is -0.478 e. The second-order valence-electron chi connectivity index (χ2n) is 17.0. The second kappa shape index (κ2) is 10.5. The van der Waals surface area contributed by atoms with Gasteiger partial charge in [0.05, 0.1) is 11.3 Å². The van der Waals surface area contributed by atoms with Crippen LogP contribution in [0.25, 0.3) is 0 Å². The topological polar surface area (TPSA) is 130 Å². The first kappa shape index (κ1) is 32.0. The molecule has 0 spiro atoms. The van der Waals surface area contributed by atoms with E-state index < -0.39 is 17.7 Å². The molecule has 5 aliphatic rings. The molecular formula is C36H54N2O6. The van der Waals surface area contributed by atoms with Gasteiger partial charge in [-0.2, -0.15) is 5.17 Å². The van der Waals surface area contributed by atoms with E-state index in [1.807, 2.05) is 6.92 Å².